The van der Waals surface area contributed by atoms with Crippen LogP contribution in [0.1, 0.15) is 77.6 Å². The molecule has 36 heavy (non-hydrogen) atoms. The molecule has 0 N–H and O–H groups in total. The molecule has 1 aromatic carbocycles. The Labute approximate surface area is 212 Å². The molecule has 6 nitrogen and oxygen atoms in total. The molecule has 2 fully saturated rings. The molecule has 1 aliphatic carbocycles. The SMILES string of the molecule is Cc1c(CC(=O)c2cccc(C#N)c2)cnc2c1c(C1CCN(C(=O)[C@@H]3CCC[C@H]3C)CC1)cn2C. The molecule has 0 radical (unpaired) electrons. The molecule has 6 heteroatoms. The van der Waals surface area contributed by atoms with Crippen molar-refractivity contribution in [2.75, 3.05) is 13.1 Å². The van der Waals surface area contributed by atoms with Gasteiger partial charge in [0.1, 0.15) is 5.65 Å². The highest BCUT2D eigenvalue weighted by Crippen LogP contribution is 2.38. The third-order valence-electron chi connectivity index (χ3n) is 8.47. The third-order valence-corrected chi connectivity index (χ3v) is 8.47. The van der Waals surface area contributed by atoms with E-state index in [2.05, 4.69) is 35.6 Å². The van der Waals surface area contributed by atoms with Crippen LogP contribution in [0.2, 0.25) is 0 Å². The third kappa shape index (κ3) is 4.43. The van der Waals surface area contributed by atoms with Crippen molar-refractivity contribution in [3.05, 3.63) is 64.5 Å². The van der Waals surface area contributed by atoms with Crippen molar-refractivity contribution < 1.29 is 9.59 Å². The van der Waals surface area contributed by atoms with Crippen LogP contribution in [0.15, 0.2) is 36.7 Å². The zero-order valence-corrected chi connectivity index (χ0v) is 21.5. The highest BCUT2D eigenvalue weighted by molar-refractivity contribution is 5.98. The fourth-order valence-electron chi connectivity index (χ4n) is 6.26. The number of carbonyl (C=O) groups excluding carboxylic acids is 2. The average molecular weight is 483 g/mol. The average Bonchev–Trinajstić information content (AvgIpc) is 3.48. The van der Waals surface area contributed by atoms with Gasteiger partial charge in [-0.2, -0.15) is 5.26 Å². The summed E-state index contributed by atoms with van der Waals surface area (Å²) < 4.78 is 2.08. The van der Waals surface area contributed by atoms with E-state index >= 15 is 0 Å². The van der Waals surface area contributed by atoms with E-state index in [0.29, 0.717) is 28.9 Å². The molecule has 0 unspecified atom stereocenters. The van der Waals surface area contributed by atoms with Gasteiger partial charge in [-0.15, -0.1) is 0 Å². The standard InChI is InChI=1S/C30H34N4O2/c1-19-6-4-9-25(19)30(36)34-12-10-22(11-13-34)26-18-33(3)29-28(26)20(2)24(17-32-29)15-27(35)23-8-5-7-21(14-23)16-31/h5,7-8,14,17-19,22,25H,4,6,9-13,15H2,1-3H3/t19-,25-/m1/s1. The van der Waals surface area contributed by atoms with E-state index in [1.165, 1.54) is 18.4 Å². The van der Waals surface area contributed by atoms with Crippen molar-refractivity contribution in [1.82, 2.24) is 14.5 Å². The number of aromatic nitrogens is 2. The molecule has 5 rings (SSSR count). The first-order valence-electron chi connectivity index (χ1n) is 13.1. The van der Waals surface area contributed by atoms with Gasteiger partial charge in [-0.1, -0.05) is 25.5 Å². The highest BCUT2D eigenvalue weighted by atomic mass is 16.2. The number of pyridine rings is 1. The largest absolute Gasteiger partial charge is 0.342 e. The molecule has 3 heterocycles. The first-order valence-corrected chi connectivity index (χ1v) is 13.1. The van der Waals surface area contributed by atoms with E-state index in [0.717, 1.165) is 54.5 Å². The van der Waals surface area contributed by atoms with Crippen molar-refractivity contribution in [3.63, 3.8) is 0 Å². The van der Waals surface area contributed by atoms with Gasteiger partial charge in [0.2, 0.25) is 5.91 Å². The smallest absolute Gasteiger partial charge is 0.225 e. The molecule has 2 aliphatic rings. The van der Waals surface area contributed by atoms with Gasteiger partial charge in [0.05, 0.1) is 11.6 Å². The van der Waals surface area contributed by atoms with Crippen LogP contribution in [0.25, 0.3) is 11.0 Å². The number of amides is 1. The normalized spacial score (nSPS) is 20.6. The molecule has 1 aliphatic heterocycles. The number of rotatable bonds is 5. The second-order valence-electron chi connectivity index (χ2n) is 10.7. The highest BCUT2D eigenvalue weighted by Gasteiger charge is 2.35. The van der Waals surface area contributed by atoms with Crippen molar-refractivity contribution in [2.24, 2.45) is 18.9 Å². The Balaban J connectivity index is 1.36. The van der Waals surface area contributed by atoms with Gasteiger partial charge in [0, 0.05) is 55.8 Å². The first kappa shape index (κ1) is 24.2. The lowest BCUT2D eigenvalue weighted by atomic mass is 9.86. The minimum absolute atomic E-state index is 0.0122. The van der Waals surface area contributed by atoms with Crippen LogP contribution in [0.4, 0.5) is 0 Å². The zero-order valence-electron chi connectivity index (χ0n) is 21.5. The summed E-state index contributed by atoms with van der Waals surface area (Å²) in [4.78, 5) is 32.9. The molecule has 0 bridgehead atoms. The number of ketones is 1. The number of Topliss-reactive ketones (excluding diaryl/α,β-unsaturated/α-hetero) is 1. The maximum absolute atomic E-state index is 13.1. The van der Waals surface area contributed by atoms with Gasteiger partial charge in [-0.3, -0.25) is 9.59 Å². The summed E-state index contributed by atoms with van der Waals surface area (Å²) in [7, 11) is 2.02. The number of benzene rings is 1. The number of hydrogen-bond acceptors (Lipinski definition) is 4. The molecule has 2 aromatic heterocycles. The van der Waals surface area contributed by atoms with Crippen LogP contribution in [0.5, 0.6) is 0 Å². The number of fused-ring (bicyclic) bond motifs is 1. The van der Waals surface area contributed by atoms with E-state index in [9.17, 15) is 14.9 Å². The maximum Gasteiger partial charge on any atom is 0.225 e. The van der Waals surface area contributed by atoms with Crippen LogP contribution in [-0.4, -0.2) is 39.2 Å². The number of hydrogen-bond donors (Lipinski definition) is 0. The predicted octanol–water partition coefficient (Wildman–Crippen LogP) is 5.32. The van der Waals surface area contributed by atoms with Crippen molar-refractivity contribution >= 4 is 22.7 Å². The van der Waals surface area contributed by atoms with Gasteiger partial charge in [0.25, 0.3) is 0 Å². The van der Waals surface area contributed by atoms with Crippen LogP contribution < -0.4 is 0 Å². The number of nitrogens with zero attached hydrogens (tertiary/aromatic N) is 4. The van der Waals surface area contributed by atoms with Crippen LogP contribution in [0, 0.1) is 30.1 Å². The van der Waals surface area contributed by atoms with Gasteiger partial charge in [-0.25, -0.2) is 4.98 Å². The molecular formula is C30H34N4O2. The molecule has 2 atom stereocenters. The van der Waals surface area contributed by atoms with Gasteiger partial charge in [-0.05, 0) is 73.3 Å². The number of nitriles is 1. The first-order chi connectivity index (χ1) is 17.4. The Kier molecular flexibility index (Phi) is 6.66. The number of piperidine rings is 1. The molecule has 1 saturated heterocycles. The Morgan fingerprint density at radius 3 is 2.64 bits per heavy atom. The number of likely N-dealkylation sites (tertiary alicyclic amines) is 1. The molecular weight excluding hydrogens is 448 g/mol. The van der Waals surface area contributed by atoms with Gasteiger partial charge in [0.15, 0.2) is 5.78 Å². The molecule has 0 spiro atoms. The maximum atomic E-state index is 13.1. The van der Waals surface area contributed by atoms with Crippen LogP contribution in [-0.2, 0) is 18.3 Å². The molecule has 3 aromatic rings. The second kappa shape index (κ2) is 9.89. The number of aryl methyl sites for hydroxylation is 2. The van der Waals surface area contributed by atoms with E-state index in [-0.39, 0.29) is 18.1 Å². The topological polar surface area (TPSA) is 79.0 Å². The summed E-state index contributed by atoms with van der Waals surface area (Å²) in [6.45, 7) is 5.92. The monoisotopic (exact) mass is 482 g/mol. The predicted molar refractivity (Wildman–Crippen MR) is 140 cm³/mol. The lowest BCUT2D eigenvalue weighted by molar-refractivity contribution is -0.137. The van der Waals surface area contributed by atoms with Crippen molar-refractivity contribution in [3.8, 4) is 6.07 Å². The lowest BCUT2D eigenvalue weighted by Crippen LogP contribution is -2.42. The molecule has 1 amide bonds. The summed E-state index contributed by atoms with van der Waals surface area (Å²) >= 11 is 0. The van der Waals surface area contributed by atoms with E-state index < -0.39 is 0 Å². The lowest BCUT2D eigenvalue weighted by Gasteiger charge is -2.34. The van der Waals surface area contributed by atoms with Gasteiger partial charge < -0.3 is 9.47 Å². The fraction of sp³-hybridized carbons (Fsp3) is 0.467. The summed E-state index contributed by atoms with van der Waals surface area (Å²) in [5.74, 6) is 1.43. The Hall–Kier alpha value is -3.46. The quantitative estimate of drug-likeness (QED) is 0.461. The fourth-order valence-corrected chi connectivity index (χ4v) is 6.26. The molecule has 186 valence electrons. The Bertz CT molecular complexity index is 1360. The van der Waals surface area contributed by atoms with Crippen molar-refractivity contribution in [2.45, 2.75) is 58.3 Å². The van der Waals surface area contributed by atoms with E-state index in [1.807, 2.05) is 13.2 Å². The Morgan fingerprint density at radius 2 is 1.94 bits per heavy atom. The summed E-state index contributed by atoms with van der Waals surface area (Å²) in [6.07, 6.45) is 9.55. The second-order valence-corrected chi connectivity index (χ2v) is 10.7. The molecule has 1 saturated carbocycles. The van der Waals surface area contributed by atoms with Crippen LogP contribution >= 0.6 is 0 Å². The minimum atomic E-state index is -0.0122. The minimum Gasteiger partial charge on any atom is -0.342 e. The summed E-state index contributed by atoms with van der Waals surface area (Å²) in [5, 5.41) is 10.3. The summed E-state index contributed by atoms with van der Waals surface area (Å²) in [6, 6.07) is 8.98. The summed E-state index contributed by atoms with van der Waals surface area (Å²) in [5.41, 5.74) is 5.27. The van der Waals surface area contributed by atoms with Gasteiger partial charge >= 0.3 is 0 Å². The zero-order chi connectivity index (χ0) is 25.4. The van der Waals surface area contributed by atoms with Crippen molar-refractivity contribution in [1.29, 1.82) is 5.26 Å². The van der Waals surface area contributed by atoms with E-state index in [4.69, 9.17) is 4.98 Å². The Morgan fingerprint density at radius 1 is 1.17 bits per heavy atom. The van der Waals surface area contributed by atoms with E-state index in [1.54, 1.807) is 24.3 Å². The number of carbonyl (C=O) groups is 2. The van der Waals surface area contributed by atoms with Crippen LogP contribution in [0.3, 0.4) is 0 Å².